The summed E-state index contributed by atoms with van der Waals surface area (Å²) in [6.07, 6.45) is 2.34. The Bertz CT molecular complexity index is 572. The van der Waals surface area contributed by atoms with Crippen LogP contribution in [-0.2, 0) is 14.8 Å². The van der Waals surface area contributed by atoms with E-state index in [1.807, 2.05) is 6.92 Å². The van der Waals surface area contributed by atoms with Crippen LogP contribution in [0, 0.1) is 5.92 Å². The first-order valence-corrected chi connectivity index (χ1v) is 8.82. The molecule has 5 nitrogen and oxygen atoms in total. The second-order valence-electron chi connectivity index (χ2n) is 5.31. The summed E-state index contributed by atoms with van der Waals surface area (Å²) in [5.41, 5.74) is 0. The van der Waals surface area contributed by atoms with Gasteiger partial charge in [-0.25, -0.2) is 8.42 Å². The molecule has 116 valence electrons. The molecule has 1 fully saturated rings. The lowest BCUT2D eigenvalue weighted by atomic mass is 9.99. The average molecular weight is 310 g/mol. The molecule has 1 aromatic rings. The molecule has 1 atom stereocenters. The number of nitrogens with zero attached hydrogens (tertiary/aromatic N) is 1. The smallest absolute Gasteiger partial charge is 0.243 e. The third-order valence-electron chi connectivity index (χ3n) is 3.69. The van der Waals surface area contributed by atoms with Gasteiger partial charge in [0, 0.05) is 19.6 Å². The predicted octanol–water partition coefficient (Wildman–Crippen LogP) is 1.61. The Balaban J connectivity index is 2.09. The first-order chi connectivity index (χ1) is 10.1. The third kappa shape index (κ3) is 3.83. The first-order valence-electron chi connectivity index (χ1n) is 7.38. The Kier molecular flexibility index (Phi) is 5.36. The highest BCUT2D eigenvalue weighted by Crippen LogP contribution is 2.23. The fourth-order valence-corrected chi connectivity index (χ4v) is 4.05. The van der Waals surface area contributed by atoms with E-state index in [1.54, 1.807) is 30.3 Å². The fraction of sp³-hybridized carbons (Fsp3) is 0.533. The maximum absolute atomic E-state index is 12.6. The van der Waals surface area contributed by atoms with E-state index < -0.39 is 10.0 Å². The highest BCUT2D eigenvalue weighted by atomic mass is 32.2. The van der Waals surface area contributed by atoms with Gasteiger partial charge in [0.25, 0.3) is 0 Å². The first kappa shape index (κ1) is 16.0. The lowest BCUT2D eigenvalue weighted by Crippen LogP contribution is -2.45. The van der Waals surface area contributed by atoms with Crippen LogP contribution in [-0.4, -0.2) is 38.3 Å². The SMILES string of the molecule is CCCNC(=O)C1CCCN(S(=O)(=O)c2ccccc2)C1. The van der Waals surface area contributed by atoms with Crippen LogP contribution in [0.1, 0.15) is 26.2 Å². The summed E-state index contributed by atoms with van der Waals surface area (Å²) in [7, 11) is -3.50. The Morgan fingerprint density at radius 2 is 2.05 bits per heavy atom. The van der Waals surface area contributed by atoms with Crippen molar-refractivity contribution < 1.29 is 13.2 Å². The number of sulfonamides is 1. The zero-order valence-corrected chi connectivity index (χ0v) is 13.1. The van der Waals surface area contributed by atoms with Gasteiger partial charge in [-0.05, 0) is 31.4 Å². The third-order valence-corrected chi connectivity index (χ3v) is 5.56. The van der Waals surface area contributed by atoms with Crippen molar-refractivity contribution in [2.45, 2.75) is 31.1 Å². The number of piperidine rings is 1. The summed E-state index contributed by atoms with van der Waals surface area (Å²) >= 11 is 0. The van der Waals surface area contributed by atoms with E-state index in [0.29, 0.717) is 18.0 Å². The number of nitrogens with one attached hydrogen (secondary N) is 1. The maximum atomic E-state index is 12.6. The van der Waals surface area contributed by atoms with Crippen LogP contribution < -0.4 is 5.32 Å². The summed E-state index contributed by atoms with van der Waals surface area (Å²) in [4.78, 5) is 12.3. The van der Waals surface area contributed by atoms with Gasteiger partial charge in [-0.1, -0.05) is 25.1 Å². The van der Waals surface area contributed by atoms with Gasteiger partial charge in [0.1, 0.15) is 0 Å². The molecule has 1 unspecified atom stereocenters. The zero-order valence-electron chi connectivity index (χ0n) is 12.3. The van der Waals surface area contributed by atoms with Crippen LogP contribution in [0.25, 0.3) is 0 Å². The topological polar surface area (TPSA) is 66.5 Å². The molecule has 1 aromatic carbocycles. The molecule has 0 aromatic heterocycles. The number of benzene rings is 1. The van der Waals surface area contributed by atoms with Crippen LogP contribution in [0.5, 0.6) is 0 Å². The molecule has 6 heteroatoms. The van der Waals surface area contributed by atoms with Crippen LogP contribution in [0.4, 0.5) is 0 Å². The van der Waals surface area contributed by atoms with Crippen molar-refractivity contribution in [3.8, 4) is 0 Å². The second-order valence-corrected chi connectivity index (χ2v) is 7.24. The highest BCUT2D eigenvalue weighted by Gasteiger charge is 2.32. The molecule has 1 heterocycles. The summed E-state index contributed by atoms with van der Waals surface area (Å²) in [6.45, 7) is 3.38. The quantitative estimate of drug-likeness (QED) is 0.898. The molecular weight excluding hydrogens is 288 g/mol. The van der Waals surface area contributed by atoms with Gasteiger partial charge in [-0.3, -0.25) is 4.79 Å². The molecule has 1 N–H and O–H groups in total. The van der Waals surface area contributed by atoms with Gasteiger partial charge in [-0.2, -0.15) is 4.31 Å². The molecule has 0 saturated carbocycles. The minimum atomic E-state index is -3.50. The number of amides is 1. The minimum Gasteiger partial charge on any atom is -0.356 e. The lowest BCUT2D eigenvalue weighted by molar-refractivity contribution is -0.126. The number of hydrogen-bond donors (Lipinski definition) is 1. The maximum Gasteiger partial charge on any atom is 0.243 e. The van der Waals surface area contributed by atoms with Crippen molar-refractivity contribution in [1.29, 1.82) is 0 Å². The van der Waals surface area contributed by atoms with E-state index in [0.717, 1.165) is 19.3 Å². The standard InChI is InChI=1S/C15H22N2O3S/c1-2-10-16-15(18)13-7-6-11-17(12-13)21(19,20)14-8-4-3-5-9-14/h3-5,8-9,13H,2,6-7,10-12H2,1H3,(H,16,18). The molecule has 1 aliphatic rings. The Morgan fingerprint density at radius 1 is 1.33 bits per heavy atom. The van der Waals surface area contributed by atoms with Crippen molar-refractivity contribution >= 4 is 15.9 Å². The van der Waals surface area contributed by atoms with Crippen LogP contribution in [0.15, 0.2) is 35.2 Å². The normalized spacial score (nSPS) is 20.1. The summed E-state index contributed by atoms with van der Waals surface area (Å²) in [5.74, 6) is -0.284. The van der Waals surface area contributed by atoms with E-state index >= 15 is 0 Å². The van der Waals surface area contributed by atoms with Crippen molar-refractivity contribution in [2.75, 3.05) is 19.6 Å². The molecule has 0 spiro atoms. The predicted molar refractivity (Wildman–Crippen MR) is 81.2 cm³/mol. The number of hydrogen-bond acceptors (Lipinski definition) is 3. The molecule has 0 radical (unpaired) electrons. The fourth-order valence-electron chi connectivity index (χ4n) is 2.51. The van der Waals surface area contributed by atoms with Gasteiger partial charge < -0.3 is 5.32 Å². The number of carbonyl (C=O) groups excluding carboxylic acids is 1. The summed E-state index contributed by atoms with van der Waals surface area (Å²) in [6, 6.07) is 8.40. The minimum absolute atomic E-state index is 0.0372. The van der Waals surface area contributed by atoms with E-state index in [2.05, 4.69) is 5.32 Å². The van der Waals surface area contributed by atoms with E-state index in [1.165, 1.54) is 4.31 Å². The van der Waals surface area contributed by atoms with Gasteiger partial charge in [-0.15, -0.1) is 0 Å². The summed E-state index contributed by atoms with van der Waals surface area (Å²) in [5, 5.41) is 2.85. The summed E-state index contributed by atoms with van der Waals surface area (Å²) < 4.78 is 26.6. The molecule has 21 heavy (non-hydrogen) atoms. The van der Waals surface area contributed by atoms with Gasteiger partial charge in [0.05, 0.1) is 10.8 Å². The van der Waals surface area contributed by atoms with Crippen molar-refractivity contribution in [3.05, 3.63) is 30.3 Å². The van der Waals surface area contributed by atoms with Crippen molar-refractivity contribution in [2.24, 2.45) is 5.92 Å². The molecule has 2 rings (SSSR count). The average Bonchev–Trinajstić information content (AvgIpc) is 2.53. The molecule has 1 aliphatic heterocycles. The van der Waals surface area contributed by atoms with E-state index in [-0.39, 0.29) is 18.4 Å². The molecular formula is C15H22N2O3S. The second kappa shape index (κ2) is 7.04. The van der Waals surface area contributed by atoms with Crippen LogP contribution in [0.3, 0.4) is 0 Å². The number of carbonyl (C=O) groups is 1. The highest BCUT2D eigenvalue weighted by molar-refractivity contribution is 7.89. The van der Waals surface area contributed by atoms with Gasteiger partial charge in [0.2, 0.25) is 15.9 Å². The van der Waals surface area contributed by atoms with Crippen LogP contribution in [0.2, 0.25) is 0 Å². The molecule has 1 saturated heterocycles. The lowest BCUT2D eigenvalue weighted by Gasteiger charge is -2.31. The Labute approximate surface area is 126 Å². The largest absolute Gasteiger partial charge is 0.356 e. The molecule has 0 bridgehead atoms. The Hall–Kier alpha value is -1.40. The zero-order chi connectivity index (χ0) is 15.3. The van der Waals surface area contributed by atoms with Crippen molar-refractivity contribution in [3.63, 3.8) is 0 Å². The van der Waals surface area contributed by atoms with Crippen molar-refractivity contribution in [1.82, 2.24) is 9.62 Å². The molecule has 0 aliphatic carbocycles. The molecule has 1 amide bonds. The monoisotopic (exact) mass is 310 g/mol. The van der Waals surface area contributed by atoms with Crippen LogP contribution >= 0.6 is 0 Å². The van der Waals surface area contributed by atoms with E-state index in [9.17, 15) is 13.2 Å². The van der Waals surface area contributed by atoms with Gasteiger partial charge >= 0.3 is 0 Å². The Morgan fingerprint density at radius 3 is 2.71 bits per heavy atom. The van der Waals surface area contributed by atoms with Gasteiger partial charge in [0.15, 0.2) is 0 Å². The van der Waals surface area contributed by atoms with E-state index in [4.69, 9.17) is 0 Å². The number of rotatable bonds is 5.